The van der Waals surface area contributed by atoms with Gasteiger partial charge in [0.05, 0.1) is 30.0 Å². The molecule has 1 aliphatic carbocycles. The fraction of sp³-hybridized carbons (Fsp3) is 0.350. The van der Waals surface area contributed by atoms with Gasteiger partial charge in [-0.1, -0.05) is 6.07 Å². The fourth-order valence-electron chi connectivity index (χ4n) is 3.67. The standard InChI is InChI=1S/C20H21N7O2/c28-19(22-9-12-2-1-5-21-8-12)15-10-23-27-11-14(6-18(15)27)24-20(29)17-7-16(25-26-17)13-3-4-13/h1-2,5,7-8,10,13-14H,3-4,6,9,11H2,(H,22,28)(H,24,29)(H,25,26)/t14-/m0/s1. The second-order valence-electron chi connectivity index (χ2n) is 7.59. The number of hydrogen-bond acceptors (Lipinski definition) is 5. The Kier molecular flexibility index (Phi) is 4.34. The Labute approximate surface area is 166 Å². The normalized spacial score (nSPS) is 17.7. The predicted octanol–water partition coefficient (Wildman–Crippen LogP) is 1.16. The van der Waals surface area contributed by atoms with E-state index in [2.05, 4.69) is 30.9 Å². The van der Waals surface area contributed by atoms with E-state index in [9.17, 15) is 9.59 Å². The first-order valence-electron chi connectivity index (χ1n) is 9.75. The number of fused-ring (bicyclic) bond motifs is 1. The molecule has 5 rings (SSSR count). The van der Waals surface area contributed by atoms with E-state index in [0.29, 0.717) is 36.7 Å². The Morgan fingerprint density at radius 2 is 2.14 bits per heavy atom. The van der Waals surface area contributed by atoms with Gasteiger partial charge in [-0.25, -0.2) is 0 Å². The monoisotopic (exact) mass is 391 g/mol. The van der Waals surface area contributed by atoms with Crippen molar-refractivity contribution in [2.24, 2.45) is 0 Å². The van der Waals surface area contributed by atoms with Gasteiger partial charge >= 0.3 is 0 Å². The average Bonchev–Trinajstić information content (AvgIpc) is 3.14. The largest absolute Gasteiger partial charge is 0.348 e. The van der Waals surface area contributed by atoms with Crippen LogP contribution in [0.4, 0.5) is 0 Å². The number of aromatic nitrogens is 5. The molecule has 3 aromatic heterocycles. The van der Waals surface area contributed by atoms with Gasteiger partial charge in [-0.2, -0.15) is 10.2 Å². The summed E-state index contributed by atoms with van der Waals surface area (Å²) < 4.78 is 1.78. The molecule has 0 unspecified atom stereocenters. The van der Waals surface area contributed by atoms with Gasteiger partial charge in [-0.3, -0.25) is 24.4 Å². The molecule has 148 valence electrons. The lowest BCUT2D eigenvalue weighted by Crippen LogP contribution is -2.36. The number of carbonyl (C=O) groups excluding carboxylic acids is 2. The third-order valence-corrected chi connectivity index (χ3v) is 5.38. The predicted molar refractivity (Wildman–Crippen MR) is 103 cm³/mol. The second-order valence-corrected chi connectivity index (χ2v) is 7.59. The molecule has 9 heteroatoms. The Bertz CT molecular complexity index is 1050. The van der Waals surface area contributed by atoms with E-state index in [-0.39, 0.29) is 17.9 Å². The van der Waals surface area contributed by atoms with Crippen molar-refractivity contribution in [1.29, 1.82) is 0 Å². The van der Waals surface area contributed by atoms with Gasteiger partial charge in [0.1, 0.15) is 5.69 Å². The van der Waals surface area contributed by atoms with Gasteiger partial charge in [0.25, 0.3) is 11.8 Å². The second kappa shape index (κ2) is 7.16. The zero-order chi connectivity index (χ0) is 19.8. The number of aromatic amines is 1. The molecule has 0 aromatic carbocycles. The molecule has 1 atom stereocenters. The van der Waals surface area contributed by atoms with E-state index >= 15 is 0 Å². The number of hydrogen-bond donors (Lipinski definition) is 3. The lowest BCUT2D eigenvalue weighted by Gasteiger charge is -2.10. The number of amides is 2. The van der Waals surface area contributed by atoms with Crippen molar-refractivity contribution in [3.63, 3.8) is 0 Å². The summed E-state index contributed by atoms with van der Waals surface area (Å²) in [7, 11) is 0. The van der Waals surface area contributed by atoms with E-state index < -0.39 is 0 Å². The summed E-state index contributed by atoms with van der Waals surface area (Å²) in [6.07, 6.45) is 7.86. The topological polar surface area (TPSA) is 118 Å². The highest BCUT2D eigenvalue weighted by Gasteiger charge is 2.30. The Balaban J connectivity index is 1.20. The molecule has 3 N–H and O–H groups in total. The van der Waals surface area contributed by atoms with Crippen molar-refractivity contribution >= 4 is 11.8 Å². The molecule has 29 heavy (non-hydrogen) atoms. The molecule has 4 heterocycles. The van der Waals surface area contributed by atoms with Crippen LogP contribution in [0.2, 0.25) is 0 Å². The Hall–Kier alpha value is -3.49. The van der Waals surface area contributed by atoms with E-state index in [1.165, 1.54) is 0 Å². The fourth-order valence-corrected chi connectivity index (χ4v) is 3.67. The molecule has 0 bridgehead atoms. The van der Waals surface area contributed by atoms with Gasteiger partial charge in [0.2, 0.25) is 0 Å². The average molecular weight is 391 g/mol. The summed E-state index contributed by atoms with van der Waals surface area (Å²) in [5.41, 5.74) is 3.74. The van der Waals surface area contributed by atoms with Crippen LogP contribution in [-0.2, 0) is 19.5 Å². The highest BCUT2D eigenvalue weighted by atomic mass is 16.2. The van der Waals surface area contributed by atoms with Crippen LogP contribution in [0.15, 0.2) is 36.8 Å². The van der Waals surface area contributed by atoms with Crippen LogP contribution in [-0.4, -0.2) is 42.8 Å². The first-order valence-corrected chi connectivity index (χ1v) is 9.75. The summed E-state index contributed by atoms with van der Waals surface area (Å²) >= 11 is 0. The van der Waals surface area contributed by atoms with Crippen LogP contribution in [0.1, 0.15) is 56.6 Å². The Morgan fingerprint density at radius 1 is 1.24 bits per heavy atom. The molecule has 1 fully saturated rings. The van der Waals surface area contributed by atoms with Crippen molar-refractivity contribution < 1.29 is 9.59 Å². The Morgan fingerprint density at radius 3 is 2.93 bits per heavy atom. The molecule has 9 nitrogen and oxygen atoms in total. The number of nitrogens with zero attached hydrogens (tertiary/aromatic N) is 4. The zero-order valence-electron chi connectivity index (χ0n) is 15.8. The number of H-pyrrole nitrogens is 1. The van der Waals surface area contributed by atoms with Crippen LogP contribution in [0.25, 0.3) is 0 Å². The van der Waals surface area contributed by atoms with Gasteiger partial charge in [-0.05, 0) is 30.5 Å². The van der Waals surface area contributed by atoms with E-state index in [1.54, 1.807) is 23.3 Å². The molecule has 0 radical (unpaired) electrons. The van der Waals surface area contributed by atoms with Crippen molar-refractivity contribution in [3.8, 4) is 0 Å². The highest BCUT2D eigenvalue weighted by Crippen LogP contribution is 2.39. The summed E-state index contributed by atoms with van der Waals surface area (Å²) in [6.45, 7) is 0.941. The third-order valence-electron chi connectivity index (χ3n) is 5.38. The van der Waals surface area contributed by atoms with Crippen LogP contribution in [0.5, 0.6) is 0 Å². The molecule has 3 aromatic rings. The van der Waals surface area contributed by atoms with Crippen molar-refractivity contribution in [1.82, 2.24) is 35.6 Å². The molecule has 1 aliphatic heterocycles. The van der Waals surface area contributed by atoms with Crippen LogP contribution in [0.3, 0.4) is 0 Å². The van der Waals surface area contributed by atoms with Crippen molar-refractivity contribution in [3.05, 3.63) is 65.0 Å². The van der Waals surface area contributed by atoms with Crippen LogP contribution >= 0.6 is 0 Å². The minimum atomic E-state index is -0.202. The number of carbonyl (C=O) groups is 2. The molecular formula is C20H21N7O2. The van der Waals surface area contributed by atoms with Gasteiger partial charge < -0.3 is 10.6 Å². The first-order chi connectivity index (χ1) is 14.2. The summed E-state index contributed by atoms with van der Waals surface area (Å²) in [6, 6.07) is 5.46. The minimum absolute atomic E-state index is 0.114. The number of nitrogens with one attached hydrogen (secondary N) is 3. The number of rotatable bonds is 6. The summed E-state index contributed by atoms with van der Waals surface area (Å²) in [4.78, 5) is 29.1. The molecule has 1 saturated carbocycles. The van der Waals surface area contributed by atoms with E-state index in [1.807, 2.05) is 18.2 Å². The molecular weight excluding hydrogens is 370 g/mol. The lowest BCUT2D eigenvalue weighted by molar-refractivity contribution is 0.0930. The number of pyridine rings is 1. The maximum absolute atomic E-state index is 12.6. The zero-order valence-corrected chi connectivity index (χ0v) is 15.8. The van der Waals surface area contributed by atoms with Gasteiger partial charge in [-0.15, -0.1) is 0 Å². The summed E-state index contributed by atoms with van der Waals surface area (Å²) in [5.74, 6) is 0.142. The van der Waals surface area contributed by atoms with Crippen molar-refractivity contribution in [2.75, 3.05) is 0 Å². The maximum Gasteiger partial charge on any atom is 0.272 e. The SMILES string of the molecule is O=C(N[C@H]1Cc2c(C(=O)NCc3cccnc3)cnn2C1)c1cc(C2CC2)[nH]n1. The van der Waals surface area contributed by atoms with Gasteiger partial charge in [0, 0.05) is 37.0 Å². The molecule has 0 saturated heterocycles. The maximum atomic E-state index is 12.6. The smallest absolute Gasteiger partial charge is 0.272 e. The minimum Gasteiger partial charge on any atom is -0.348 e. The van der Waals surface area contributed by atoms with Gasteiger partial charge in [0.15, 0.2) is 0 Å². The van der Waals surface area contributed by atoms with Crippen molar-refractivity contribution in [2.45, 2.75) is 44.3 Å². The lowest BCUT2D eigenvalue weighted by atomic mass is 10.1. The summed E-state index contributed by atoms with van der Waals surface area (Å²) in [5, 5.41) is 17.3. The van der Waals surface area contributed by atoms with E-state index in [0.717, 1.165) is 29.8 Å². The quantitative estimate of drug-likeness (QED) is 0.583. The highest BCUT2D eigenvalue weighted by molar-refractivity contribution is 5.95. The van der Waals surface area contributed by atoms with Crippen LogP contribution < -0.4 is 10.6 Å². The molecule has 2 aliphatic rings. The molecule has 0 spiro atoms. The third kappa shape index (κ3) is 3.63. The molecule has 2 amide bonds. The first kappa shape index (κ1) is 17.6. The van der Waals surface area contributed by atoms with Crippen LogP contribution in [0, 0.1) is 0 Å². The van der Waals surface area contributed by atoms with E-state index in [4.69, 9.17) is 0 Å².